The Bertz CT molecular complexity index is 699. The van der Waals surface area contributed by atoms with Gasteiger partial charge >= 0.3 is 0 Å². The van der Waals surface area contributed by atoms with Gasteiger partial charge in [-0.1, -0.05) is 36.4 Å². The summed E-state index contributed by atoms with van der Waals surface area (Å²) in [6.45, 7) is 3.12. The maximum Gasteiger partial charge on any atom is 0.240 e. The lowest BCUT2D eigenvalue weighted by molar-refractivity contribution is -0.117. The zero-order valence-electron chi connectivity index (χ0n) is 13.6. The topological polar surface area (TPSA) is 41.6 Å². The van der Waals surface area contributed by atoms with E-state index in [1.165, 1.54) is 5.56 Å². The summed E-state index contributed by atoms with van der Waals surface area (Å²) in [5.41, 5.74) is 3.35. The lowest BCUT2D eigenvalue weighted by Crippen LogP contribution is -2.38. The van der Waals surface area contributed by atoms with Crippen LogP contribution in [0.3, 0.4) is 0 Å². The Hall–Kier alpha value is -2.33. The molecule has 0 aliphatic carbocycles. The minimum Gasteiger partial charge on any atom is -0.496 e. The van der Waals surface area contributed by atoms with Gasteiger partial charge in [0.05, 0.1) is 13.7 Å². The molecule has 0 aromatic heterocycles. The largest absolute Gasteiger partial charge is 0.496 e. The summed E-state index contributed by atoms with van der Waals surface area (Å²) in [5, 5.41) is 3.31. The third-order valence-electron chi connectivity index (χ3n) is 4.35. The van der Waals surface area contributed by atoms with Gasteiger partial charge in [-0.05, 0) is 31.0 Å². The summed E-state index contributed by atoms with van der Waals surface area (Å²) in [4.78, 5) is 14.4. The highest BCUT2D eigenvalue weighted by molar-refractivity contribution is 5.96. The van der Waals surface area contributed by atoms with E-state index in [4.69, 9.17) is 4.74 Å². The Morgan fingerprint density at radius 3 is 2.78 bits per heavy atom. The quantitative estimate of drug-likeness (QED) is 0.923. The predicted molar refractivity (Wildman–Crippen MR) is 91.9 cm³/mol. The van der Waals surface area contributed by atoms with Crippen molar-refractivity contribution in [2.75, 3.05) is 25.1 Å². The third-order valence-corrected chi connectivity index (χ3v) is 4.35. The van der Waals surface area contributed by atoms with E-state index in [9.17, 15) is 4.79 Å². The number of methoxy groups -OCH3 is 1. The number of amides is 1. The molecule has 3 rings (SSSR count). The van der Waals surface area contributed by atoms with E-state index in [-0.39, 0.29) is 11.9 Å². The number of benzene rings is 2. The molecule has 0 fully saturated rings. The highest BCUT2D eigenvalue weighted by Crippen LogP contribution is 2.28. The maximum absolute atomic E-state index is 12.5. The predicted octanol–water partition coefficient (Wildman–Crippen LogP) is 2.94. The van der Waals surface area contributed by atoms with Crippen molar-refractivity contribution in [2.45, 2.75) is 19.4 Å². The molecular formula is C19H22N2O2. The van der Waals surface area contributed by atoms with Crippen LogP contribution in [0.2, 0.25) is 0 Å². The minimum atomic E-state index is 0.0490. The average Bonchev–Trinajstić information content (AvgIpc) is 3.03. The van der Waals surface area contributed by atoms with Crippen molar-refractivity contribution in [1.82, 2.24) is 5.32 Å². The second-order valence-electron chi connectivity index (χ2n) is 5.77. The van der Waals surface area contributed by atoms with E-state index in [2.05, 4.69) is 11.4 Å². The number of carbonyl (C=O) groups is 1. The van der Waals surface area contributed by atoms with Gasteiger partial charge in [-0.3, -0.25) is 4.79 Å². The Morgan fingerprint density at radius 2 is 1.96 bits per heavy atom. The van der Waals surface area contributed by atoms with Crippen LogP contribution in [0, 0.1) is 0 Å². The van der Waals surface area contributed by atoms with E-state index in [1.807, 2.05) is 54.3 Å². The molecular weight excluding hydrogens is 288 g/mol. The minimum absolute atomic E-state index is 0.0490. The number of para-hydroxylation sites is 2. The van der Waals surface area contributed by atoms with Gasteiger partial charge in [-0.2, -0.15) is 0 Å². The molecule has 1 N–H and O–H groups in total. The summed E-state index contributed by atoms with van der Waals surface area (Å²) in [6, 6.07) is 16.0. The number of nitrogens with zero attached hydrogens (tertiary/aromatic N) is 1. The van der Waals surface area contributed by atoms with Crippen LogP contribution in [0.4, 0.5) is 5.69 Å². The van der Waals surface area contributed by atoms with Crippen LogP contribution in [0.15, 0.2) is 48.5 Å². The van der Waals surface area contributed by atoms with Crippen LogP contribution in [0.25, 0.3) is 0 Å². The molecule has 0 bridgehead atoms. The van der Waals surface area contributed by atoms with Gasteiger partial charge < -0.3 is 15.0 Å². The summed E-state index contributed by atoms with van der Waals surface area (Å²) < 4.78 is 5.38. The molecule has 4 nitrogen and oxygen atoms in total. The number of carbonyl (C=O) groups excluding carboxylic acids is 1. The molecule has 120 valence electrons. The lowest BCUT2D eigenvalue weighted by Gasteiger charge is -2.21. The van der Waals surface area contributed by atoms with E-state index in [0.29, 0.717) is 6.54 Å². The molecule has 1 amide bonds. The van der Waals surface area contributed by atoms with Crippen molar-refractivity contribution in [3.8, 4) is 5.75 Å². The fourth-order valence-electron chi connectivity index (χ4n) is 3.07. The molecule has 0 saturated carbocycles. The first-order valence-corrected chi connectivity index (χ1v) is 7.95. The number of rotatable bonds is 5. The van der Waals surface area contributed by atoms with Gasteiger partial charge in [0.15, 0.2) is 0 Å². The number of fused-ring (bicyclic) bond motifs is 1. The number of ether oxygens (including phenoxy) is 1. The second-order valence-corrected chi connectivity index (χ2v) is 5.77. The van der Waals surface area contributed by atoms with E-state index in [1.54, 1.807) is 7.11 Å². The van der Waals surface area contributed by atoms with Crippen molar-refractivity contribution >= 4 is 11.6 Å². The highest BCUT2D eigenvalue weighted by atomic mass is 16.5. The van der Waals surface area contributed by atoms with Crippen molar-refractivity contribution in [3.05, 3.63) is 59.7 Å². The van der Waals surface area contributed by atoms with Crippen LogP contribution in [-0.2, 0) is 11.2 Å². The highest BCUT2D eigenvalue weighted by Gasteiger charge is 2.24. The fourth-order valence-corrected chi connectivity index (χ4v) is 3.07. The average molecular weight is 310 g/mol. The molecule has 1 heterocycles. The van der Waals surface area contributed by atoms with Crippen molar-refractivity contribution in [3.63, 3.8) is 0 Å². The second kappa shape index (κ2) is 6.84. The molecule has 1 atom stereocenters. The van der Waals surface area contributed by atoms with E-state index in [0.717, 1.165) is 30.0 Å². The first-order chi connectivity index (χ1) is 11.2. The third kappa shape index (κ3) is 3.22. The van der Waals surface area contributed by atoms with Crippen LogP contribution < -0.4 is 15.0 Å². The molecule has 1 aliphatic rings. The van der Waals surface area contributed by atoms with Crippen LogP contribution in [0.5, 0.6) is 5.75 Å². The Labute approximate surface area is 137 Å². The maximum atomic E-state index is 12.5. The first-order valence-electron chi connectivity index (χ1n) is 7.95. The summed E-state index contributed by atoms with van der Waals surface area (Å²) in [7, 11) is 1.66. The summed E-state index contributed by atoms with van der Waals surface area (Å²) in [6.07, 6.45) is 0.934. The number of nitrogens with one attached hydrogen (secondary N) is 1. The zero-order valence-corrected chi connectivity index (χ0v) is 13.6. The van der Waals surface area contributed by atoms with Crippen LogP contribution >= 0.6 is 0 Å². The molecule has 0 spiro atoms. The molecule has 23 heavy (non-hydrogen) atoms. The van der Waals surface area contributed by atoms with Gasteiger partial charge in [0.25, 0.3) is 0 Å². The first kappa shape index (κ1) is 15.6. The molecule has 0 saturated heterocycles. The summed E-state index contributed by atoms with van der Waals surface area (Å²) >= 11 is 0. The molecule has 2 aromatic carbocycles. The van der Waals surface area contributed by atoms with Gasteiger partial charge in [0, 0.05) is 23.8 Å². The zero-order chi connectivity index (χ0) is 16.2. The SMILES string of the molecule is COc1ccccc1[C@@H](C)NCC(=O)N1CCc2ccccc21. The standard InChI is InChI=1S/C19H22N2O2/c1-14(16-8-4-6-10-18(16)23-2)20-13-19(22)21-12-11-15-7-3-5-9-17(15)21/h3-10,14,20H,11-13H2,1-2H3/t14-/m1/s1. The van der Waals surface area contributed by atoms with Crippen LogP contribution in [-0.4, -0.2) is 26.1 Å². The Kier molecular flexibility index (Phi) is 4.63. The normalized spacial score (nSPS) is 14.4. The molecule has 0 unspecified atom stereocenters. The van der Waals surface area contributed by atoms with Gasteiger partial charge in [-0.25, -0.2) is 0 Å². The van der Waals surface area contributed by atoms with Gasteiger partial charge in [0.2, 0.25) is 5.91 Å². The van der Waals surface area contributed by atoms with Gasteiger partial charge in [-0.15, -0.1) is 0 Å². The van der Waals surface area contributed by atoms with E-state index < -0.39 is 0 Å². The molecule has 1 aliphatic heterocycles. The Morgan fingerprint density at radius 1 is 1.22 bits per heavy atom. The lowest BCUT2D eigenvalue weighted by atomic mass is 10.1. The molecule has 2 aromatic rings. The van der Waals surface area contributed by atoms with Crippen molar-refractivity contribution < 1.29 is 9.53 Å². The number of anilines is 1. The number of hydrogen-bond acceptors (Lipinski definition) is 3. The Balaban J connectivity index is 1.64. The van der Waals surface area contributed by atoms with Crippen molar-refractivity contribution in [1.29, 1.82) is 0 Å². The fraction of sp³-hybridized carbons (Fsp3) is 0.316. The summed E-state index contributed by atoms with van der Waals surface area (Å²) in [5.74, 6) is 0.947. The van der Waals surface area contributed by atoms with Crippen molar-refractivity contribution in [2.24, 2.45) is 0 Å². The molecule has 0 radical (unpaired) electrons. The smallest absolute Gasteiger partial charge is 0.240 e. The monoisotopic (exact) mass is 310 g/mol. The number of hydrogen-bond donors (Lipinski definition) is 1. The van der Waals surface area contributed by atoms with E-state index >= 15 is 0 Å². The van der Waals surface area contributed by atoms with Crippen LogP contribution in [0.1, 0.15) is 24.1 Å². The molecule has 4 heteroatoms. The van der Waals surface area contributed by atoms with Gasteiger partial charge in [0.1, 0.15) is 5.75 Å².